The molecule has 30 heavy (non-hydrogen) atoms. The van der Waals surface area contributed by atoms with Gasteiger partial charge in [-0.05, 0) is 55.9 Å². The summed E-state index contributed by atoms with van der Waals surface area (Å²) in [6.45, 7) is 2.79. The van der Waals surface area contributed by atoms with Crippen LogP contribution >= 0.6 is 24.0 Å². The number of benzene rings is 2. The number of hydrogen-bond acceptors (Lipinski definition) is 5. The van der Waals surface area contributed by atoms with E-state index >= 15 is 0 Å². The van der Waals surface area contributed by atoms with Crippen molar-refractivity contribution in [2.45, 2.75) is 19.5 Å². The number of nitrogens with one attached hydrogen (secondary N) is 1. The Bertz CT molecular complexity index is 782. The molecule has 0 fully saturated rings. The molecule has 0 spiro atoms. The molecule has 0 aliphatic carbocycles. The van der Waals surface area contributed by atoms with Crippen molar-refractivity contribution in [3.63, 3.8) is 0 Å². The van der Waals surface area contributed by atoms with Crippen LogP contribution in [0.5, 0.6) is 17.2 Å². The first-order valence-corrected chi connectivity index (χ1v) is 9.63. The molecule has 8 heteroatoms. The van der Waals surface area contributed by atoms with Crippen LogP contribution in [0, 0.1) is 0 Å². The van der Waals surface area contributed by atoms with Gasteiger partial charge in [0.2, 0.25) is 0 Å². The highest BCUT2D eigenvalue weighted by molar-refractivity contribution is 14.0. The van der Waals surface area contributed by atoms with Crippen LogP contribution in [0.2, 0.25) is 0 Å². The highest BCUT2D eigenvalue weighted by Crippen LogP contribution is 2.27. The van der Waals surface area contributed by atoms with Crippen LogP contribution in [0.4, 0.5) is 0 Å². The largest absolute Gasteiger partial charge is 0.494 e. The zero-order chi connectivity index (χ0) is 21.1. The predicted octanol–water partition coefficient (Wildman–Crippen LogP) is 3.26. The van der Waals surface area contributed by atoms with Gasteiger partial charge in [0.05, 0.1) is 27.4 Å². The Morgan fingerprint density at radius 1 is 1.00 bits per heavy atom. The van der Waals surface area contributed by atoms with Crippen LogP contribution in [0.3, 0.4) is 0 Å². The monoisotopic (exact) mass is 528 g/mol. The van der Waals surface area contributed by atoms with E-state index in [1.807, 2.05) is 42.5 Å². The van der Waals surface area contributed by atoms with Crippen LogP contribution < -0.4 is 25.3 Å². The van der Waals surface area contributed by atoms with Gasteiger partial charge < -0.3 is 30.2 Å². The highest BCUT2D eigenvalue weighted by Gasteiger charge is 2.04. The van der Waals surface area contributed by atoms with Gasteiger partial charge in [-0.15, -0.1) is 24.0 Å². The molecule has 0 aliphatic heterocycles. The summed E-state index contributed by atoms with van der Waals surface area (Å²) < 4.78 is 16.3. The van der Waals surface area contributed by atoms with Crippen molar-refractivity contribution in [3.05, 3.63) is 53.6 Å². The molecule has 2 rings (SSSR count). The molecule has 0 radical (unpaired) electrons. The Balaban J connectivity index is 0.00000450. The molecule has 3 N–H and O–H groups in total. The molecule has 0 atom stereocenters. The average molecular weight is 528 g/mol. The molecule has 166 valence electrons. The lowest BCUT2D eigenvalue weighted by Gasteiger charge is -2.11. The first-order chi connectivity index (χ1) is 14.0. The molecule has 0 aliphatic rings. The predicted molar refractivity (Wildman–Crippen MR) is 132 cm³/mol. The quantitative estimate of drug-likeness (QED) is 0.202. The van der Waals surface area contributed by atoms with E-state index in [-0.39, 0.29) is 24.0 Å². The summed E-state index contributed by atoms with van der Waals surface area (Å²) in [6, 6.07) is 13.7. The van der Waals surface area contributed by atoms with Crippen molar-refractivity contribution in [2.24, 2.45) is 10.7 Å². The number of ether oxygens (including phenoxy) is 3. The number of nitrogens with zero attached hydrogens (tertiary/aromatic N) is 2. The summed E-state index contributed by atoms with van der Waals surface area (Å²) >= 11 is 0. The number of halogens is 1. The zero-order valence-electron chi connectivity index (χ0n) is 18.2. The third-order valence-corrected chi connectivity index (χ3v) is 4.30. The maximum Gasteiger partial charge on any atom is 0.189 e. The Morgan fingerprint density at radius 3 is 2.30 bits per heavy atom. The third-order valence-electron chi connectivity index (χ3n) is 4.30. The lowest BCUT2D eigenvalue weighted by atomic mass is 10.2. The van der Waals surface area contributed by atoms with Gasteiger partial charge in [0.25, 0.3) is 0 Å². The van der Waals surface area contributed by atoms with Crippen molar-refractivity contribution in [2.75, 3.05) is 41.5 Å². The number of methoxy groups -OCH3 is 2. The maximum absolute atomic E-state index is 5.99. The first kappa shape index (κ1) is 25.8. The minimum absolute atomic E-state index is 0. The Kier molecular flexibility index (Phi) is 12.0. The van der Waals surface area contributed by atoms with E-state index in [0.717, 1.165) is 29.8 Å². The van der Waals surface area contributed by atoms with Crippen LogP contribution in [-0.4, -0.2) is 52.3 Å². The average Bonchev–Trinajstić information content (AvgIpc) is 2.74. The maximum atomic E-state index is 5.99. The van der Waals surface area contributed by atoms with Crippen molar-refractivity contribution < 1.29 is 14.2 Å². The fourth-order valence-electron chi connectivity index (χ4n) is 2.68. The van der Waals surface area contributed by atoms with E-state index in [4.69, 9.17) is 19.9 Å². The lowest BCUT2D eigenvalue weighted by Crippen LogP contribution is -2.31. The topological polar surface area (TPSA) is 81.3 Å². The lowest BCUT2D eigenvalue weighted by molar-refractivity contribution is 0.281. The third kappa shape index (κ3) is 9.08. The summed E-state index contributed by atoms with van der Waals surface area (Å²) in [5.41, 5.74) is 8.08. The minimum Gasteiger partial charge on any atom is -0.494 e. The Morgan fingerprint density at radius 2 is 1.67 bits per heavy atom. The second kappa shape index (κ2) is 13.9. The van der Waals surface area contributed by atoms with Gasteiger partial charge in [-0.25, -0.2) is 4.99 Å². The van der Waals surface area contributed by atoms with Gasteiger partial charge in [0.15, 0.2) is 17.5 Å². The molecule has 0 saturated heterocycles. The molecular weight excluding hydrogens is 495 g/mol. The molecule has 2 aromatic rings. The van der Waals surface area contributed by atoms with Crippen LogP contribution in [-0.2, 0) is 13.1 Å². The molecule has 0 amide bonds. The van der Waals surface area contributed by atoms with E-state index in [9.17, 15) is 0 Å². The summed E-state index contributed by atoms with van der Waals surface area (Å²) in [4.78, 5) is 6.53. The summed E-state index contributed by atoms with van der Waals surface area (Å²) in [7, 11) is 7.34. The number of hydrogen-bond donors (Lipinski definition) is 2. The standard InChI is InChI=1S/C22H32N4O3.HI/c1-26(2)12-5-13-29-19-9-6-17(7-10-19)15-24-22(23)25-16-18-8-11-20(27-3)21(14-18)28-4;/h6-11,14H,5,12-13,15-16H2,1-4H3,(H3,23,24,25);1H. The number of guanidine groups is 1. The number of aliphatic imine (C=N–C) groups is 1. The van der Waals surface area contributed by atoms with Gasteiger partial charge in [-0.2, -0.15) is 0 Å². The molecule has 0 saturated carbocycles. The highest BCUT2D eigenvalue weighted by atomic mass is 127. The van der Waals surface area contributed by atoms with Crippen LogP contribution in [0.25, 0.3) is 0 Å². The summed E-state index contributed by atoms with van der Waals surface area (Å²) in [5.74, 6) is 2.64. The van der Waals surface area contributed by atoms with E-state index < -0.39 is 0 Å². The van der Waals surface area contributed by atoms with Gasteiger partial charge in [-0.3, -0.25) is 0 Å². The second-order valence-electron chi connectivity index (χ2n) is 6.89. The van der Waals surface area contributed by atoms with Crippen molar-refractivity contribution >= 4 is 29.9 Å². The van der Waals surface area contributed by atoms with E-state index in [0.29, 0.717) is 37.2 Å². The van der Waals surface area contributed by atoms with Crippen LogP contribution in [0.15, 0.2) is 47.5 Å². The molecule has 7 nitrogen and oxygen atoms in total. The normalized spacial score (nSPS) is 11.0. The summed E-state index contributed by atoms with van der Waals surface area (Å²) in [6.07, 6.45) is 1.00. The molecule has 0 aromatic heterocycles. The van der Waals surface area contributed by atoms with Crippen LogP contribution in [0.1, 0.15) is 17.5 Å². The summed E-state index contributed by atoms with van der Waals surface area (Å²) in [5, 5.41) is 3.13. The van der Waals surface area contributed by atoms with E-state index in [1.54, 1.807) is 14.2 Å². The Labute approximate surface area is 196 Å². The fourth-order valence-corrected chi connectivity index (χ4v) is 2.68. The zero-order valence-corrected chi connectivity index (χ0v) is 20.5. The number of rotatable bonds is 11. The smallest absolute Gasteiger partial charge is 0.189 e. The second-order valence-corrected chi connectivity index (χ2v) is 6.89. The van der Waals surface area contributed by atoms with Gasteiger partial charge in [-0.1, -0.05) is 18.2 Å². The van der Waals surface area contributed by atoms with Crippen molar-refractivity contribution in [1.82, 2.24) is 10.2 Å². The van der Waals surface area contributed by atoms with Gasteiger partial charge in [0.1, 0.15) is 5.75 Å². The molecule has 0 unspecified atom stereocenters. The van der Waals surface area contributed by atoms with Crippen molar-refractivity contribution in [1.29, 1.82) is 0 Å². The fraction of sp³-hybridized carbons (Fsp3) is 0.409. The van der Waals surface area contributed by atoms with Crippen molar-refractivity contribution in [3.8, 4) is 17.2 Å². The van der Waals surface area contributed by atoms with E-state index in [1.165, 1.54) is 0 Å². The van der Waals surface area contributed by atoms with Gasteiger partial charge >= 0.3 is 0 Å². The SMILES string of the molecule is COc1ccc(CN=C(N)NCc2ccc(OCCCN(C)C)cc2)cc1OC.I. The van der Waals surface area contributed by atoms with E-state index in [2.05, 4.69) is 29.3 Å². The molecule has 0 heterocycles. The van der Waals surface area contributed by atoms with Gasteiger partial charge in [0, 0.05) is 13.1 Å². The number of nitrogens with two attached hydrogens (primary N) is 1. The minimum atomic E-state index is 0. The first-order valence-electron chi connectivity index (χ1n) is 9.63. The molecule has 2 aromatic carbocycles. The molecular formula is C22H33IN4O3. The molecule has 0 bridgehead atoms. The Hall–Kier alpha value is -2.20.